The number of ether oxygens (including phenoxy) is 1. The second-order valence-corrected chi connectivity index (χ2v) is 6.47. The van der Waals surface area contributed by atoms with E-state index in [9.17, 15) is 24.3 Å². The van der Waals surface area contributed by atoms with Crippen LogP contribution in [0.3, 0.4) is 0 Å². The Morgan fingerprint density at radius 3 is 2.40 bits per heavy atom. The van der Waals surface area contributed by atoms with E-state index in [1.807, 2.05) is 0 Å². The van der Waals surface area contributed by atoms with E-state index in [0.717, 1.165) is 0 Å². The Balaban J connectivity index is 2.32. The summed E-state index contributed by atoms with van der Waals surface area (Å²) in [5.41, 5.74) is 0.641. The lowest BCUT2D eigenvalue weighted by Crippen LogP contribution is -2.27. The zero-order valence-electron chi connectivity index (χ0n) is 14.4. The quantitative estimate of drug-likeness (QED) is 0.572. The van der Waals surface area contributed by atoms with Crippen molar-refractivity contribution >= 4 is 23.3 Å². The number of benzene rings is 1. The fourth-order valence-electron chi connectivity index (χ4n) is 2.79. The number of hydrogen-bond acceptors (Lipinski definition) is 6. The molecule has 1 aromatic carbocycles. The van der Waals surface area contributed by atoms with Crippen molar-refractivity contribution in [2.75, 3.05) is 0 Å². The van der Waals surface area contributed by atoms with Crippen LogP contribution in [0.25, 0.3) is 0 Å². The third-order valence-corrected chi connectivity index (χ3v) is 4.61. The molecule has 0 aliphatic carbocycles. The summed E-state index contributed by atoms with van der Waals surface area (Å²) >= 11 is 0. The van der Waals surface area contributed by atoms with Crippen molar-refractivity contribution in [2.45, 2.75) is 52.1 Å². The van der Waals surface area contributed by atoms with Gasteiger partial charge in [-0.2, -0.15) is 0 Å². The third-order valence-electron chi connectivity index (χ3n) is 4.61. The van der Waals surface area contributed by atoms with Gasteiger partial charge in [0.05, 0.1) is 0 Å². The number of carbonyl (C=O) groups is 4. The first kappa shape index (κ1) is 18.8. The minimum Gasteiger partial charge on any atom is -0.507 e. The van der Waals surface area contributed by atoms with Gasteiger partial charge >= 0.3 is 5.97 Å². The topological polar surface area (TPSA) is 97.7 Å². The highest BCUT2D eigenvalue weighted by Gasteiger charge is 2.27. The lowest BCUT2D eigenvalue weighted by atomic mass is 9.94. The molecule has 6 heteroatoms. The molecule has 0 amide bonds. The maximum Gasteiger partial charge on any atom is 0.342 e. The molecule has 6 nitrogen and oxygen atoms in total. The number of fused-ring (bicyclic) bond motifs is 1. The van der Waals surface area contributed by atoms with E-state index in [-0.39, 0.29) is 30.1 Å². The predicted octanol–water partition coefficient (Wildman–Crippen LogP) is 2.40. The summed E-state index contributed by atoms with van der Waals surface area (Å²) in [6, 6.07) is 4.69. The highest BCUT2D eigenvalue weighted by molar-refractivity contribution is 6.63. The van der Waals surface area contributed by atoms with Crippen LogP contribution in [0.4, 0.5) is 0 Å². The van der Waals surface area contributed by atoms with Crippen molar-refractivity contribution in [2.24, 2.45) is 5.92 Å². The molecule has 1 N–H and O–H groups in total. The maximum atomic E-state index is 12.5. The number of aryl methyl sites for hydroxylation is 1. The molecule has 1 aromatic rings. The zero-order valence-corrected chi connectivity index (χ0v) is 14.4. The number of esters is 1. The van der Waals surface area contributed by atoms with Crippen molar-refractivity contribution in [3.63, 3.8) is 0 Å². The monoisotopic (exact) mass is 346 g/mol. The average molecular weight is 346 g/mol. The van der Waals surface area contributed by atoms with Crippen LogP contribution in [-0.2, 0) is 25.5 Å². The van der Waals surface area contributed by atoms with Gasteiger partial charge in [-0.05, 0) is 43.7 Å². The van der Waals surface area contributed by atoms with Gasteiger partial charge in [0.25, 0.3) is 5.78 Å². The Labute approximate surface area is 146 Å². The summed E-state index contributed by atoms with van der Waals surface area (Å²) in [5, 5.41) is 10.0. The molecule has 25 heavy (non-hydrogen) atoms. The molecule has 0 bridgehead atoms. The number of phenolic OH excluding ortho intramolecular Hbond substituents is 1. The van der Waals surface area contributed by atoms with Crippen LogP contribution in [0.15, 0.2) is 18.2 Å². The third kappa shape index (κ3) is 4.53. The first-order valence-corrected chi connectivity index (χ1v) is 8.43. The molecule has 1 aliphatic rings. The molecule has 0 saturated carbocycles. The fourth-order valence-corrected chi connectivity index (χ4v) is 2.79. The Kier molecular flexibility index (Phi) is 6.07. The average Bonchev–Trinajstić information content (AvgIpc) is 2.57. The number of phenols is 1. The second kappa shape index (κ2) is 8.05. The van der Waals surface area contributed by atoms with Gasteiger partial charge in [-0.3, -0.25) is 14.4 Å². The number of hydrogen-bond donors (Lipinski definition) is 1. The Bertz CT molecular complexity index is 706. The van der Waals surface area contributed by atoms with E-state index in [4.69, 9.17) is 4.74 Å². The molecule has 0 spiro atoms. The molecular weight excluding hydrogens is 324 g/mol. The van der Waals surface area contributed by atoms with E-state index in [2.05, 4.69) is 0 Å². The second-order valence-electron chi connectivity index (χ2n) is 6.47. The normalized spacial score (nSPS) is 23.6. The molecule has 1 aliphatic heterocycles. The summed E-state index contributed by atoms with van der Waals surface area (Å²) < 4.78 is 5.44. The number of cyclic esters (lactones) is 1. The van der Waals surface area contributed by atoms with Crippen LogP contribution in [-0.4, -0.2) is 34.5 Å². The minimum absolute atomic E-state index is 0.0462. The van der Waals surface area contributed by atoms with E-state index < -0.39 is 29.4 Å². The molecule has 0 saturated heterocycles. The van der Waals surface area contributed by atoms with Crippen molar-refractivity contribution in [1.82, 2.24) is 0 Å². The molecule has 0 unspecified atom stereocenters. The highest BCUT2D eigenvalue weighted by atomic mass is 16.5. The van der Waals surface area contributed by atoms with Gasteiger partial charge in [0.15, 0.2) is 0 Å². The van der Waals surface area contributed by atoms with Gasteiger partial charge < -0.3 is 9.84 Å². The molecule has 1 heterocycles. The number of ketones is 3. The highest BCUT2D eigenvalue weighted by Crippen LogP contribution is 2.26. The lowest BCUT2D eigenvalue weighted by molar-refractivity contribution is -0.144. The van der Waals surface area contributed by atoms with Crippen LogP contribution in [0, 0.1) is 5.92 Å². The first-order chi connectivity index (χ1) is 11.8. The van der Waals surface area contributed by atoms with Gasteiger partial charge in [0.1, 0.15) is 17.4 Å². The molecule has 134 valence electrons. The van der Waals surface area contributed by atoms with Gasteiger partial charge in [-0.15, -0.1) is 0 Å². The molecule has 0 radical (unpaired) electrons. The predicted molar refractivity (Wildman–Crippen MR) is 89.3 cm³/mol. The molecule has 0 aromatic heterocycles. The molecule has 0 fully saturated rings. The van der Waals surface area contributed by atoms with Crippen molar-refractivity contribution in [1.29, 1.82) is 0 Å². The van der Waals surface area contributed by atoms with Gasteiger partial charge in [-0.25, -0.2) is 4.79 Å². The molecular formula is C19H22O6. The Morgan fingerprint density at radius 1 is 1.00 bits per heavy atom. The number of aromatic hydroxyl groups is 1. The standard InChI is InChI=1S/C19H22O6/c1-11-9-10-16(22)18(23)15(21)8-4-6-13-5-3-7-14(20)17(13)19(24)25-12(11)2/h3,5,7,11-12,20H,4,6,8-10H2,1-2H3/t11-,12+/m1/s1. The van der Waals surface area contributed by atoms with E-state index >= 15 is 0 Å². The van der Waals surface area contributed by atoms with E-state index in [1.165, 1.54) is 6.07 Å². The minimum atomic E-state index is -0.954. The maximum absolute atomic E-state index is 12.5. The van der Waals surface area contributed by atoms with Crippen LogP contribution in [0.2, 0.25) is 0 Å². The van der Waals surface area contributed by atoms with Gasteiger partial charge in [-0.1, -0.05) is 19.1 Å². The smallest absolute Gasteiger partial charge is 0.342 e. The van der Waals surface area contributed by atoms with Crippen molar-refractivity contribution in [3.8, 4) is 5.75 Å². The summed E-state index contributed by atoms with van der Waals surface area (Å²) in [6.07, 6.45) is 0.334. The number of carbonyl (C=O) groups excluding carboxylic acids is 4. The summed E-state index contributed by atoms with van der Waals surface area (Å²) in [7, 11) is 0. The van der Waals surface area contributed by atoms with E-state index in [1.54, 1.807) is 26.0 Å². The van der Waals surface area contributed by atoms with Crippen LogP contribution in [0.5, 0.6) is 5.75 Å². The van der Waals surface area contributed by atoms with E-state index in [0.29, 0.717) is 24.8 Å². The Hall–Kier alpha value is -2.50. The SMILES string of the molecule is C[C@@H]1CCC(=O)C(=O)C(=O)CCCc2cccc(O)c2C(=O)O[C@H]1C. The van der Waals surface area contributed by atoms with Crippen molar-refractivity contribution in [3.05, 3.63) is 29.3 Å². The molecule has 2 atom stereocenters. The summed E-state index contributed by atoms with van der Waals surface area (Å²) in [4.78, 5) is 48.0. The van der Waals surface area contributed by atoms with Crippen LogP contribution >= 0.6 is 0 Å². The zero-order chi connectivity index (χ0) is 18.6. The largest absolute Gasteiger partial charge is 0.507 e. The lowest BCUT2D eigenvalue weighted by Gasteiger charge is -2.21. The summed E-state index contributed by atoms with van der Waals surface area (Å²) in [5.74, 6) is -3.32. The summed E-state index contributed by atoms with van der Waals surface area (Å²) in [6.45, 7) is 3.50. The molecule has 2 rings (SSSR count). The van der Waals surface area contributed by atoms with Gasteiger partial charge in [0.2, 0.25) is 11.6 Å². The number of Topliss-reactive ketones (excluding diaryl/α,β-unsaturated/α-hetero) is 3. The van der Waals surface area contributed by atoms with Crippen LogP contribution in [0.1, 0.15) is 55.5 Å². The van der Waals surface area contributed by atoms with Gasteiger partial charge in [0, 0.05) is 12.8 Å². The first-order valence-electron chi connectivity index (χ1n) is 8.43. The fraction of sp³-hybridized carbons (Fsp3) is 0.474. The van der Waals surface area contributed by atoms with Crippen LogP contribution < -0.4 is 0 Å². The van der Waals surface area contributed by atoms with Crippen molar-refractivity contribution < 1.29 is 29.0 Å². The number of rotatable bonds is 0. The Morgan fingerprint density at radius 2 is 1.68 bits per heavy atom.